The van der Waals surface area contributed by atoms with E-state index in [2.05, 4.69) is 11.6 Å². The third-order valence-corrected chi connectivity index (χ3v) is 5.21. The van der Waals surface area contributed by atoms with Gasteiger partial charge in [-0.25, -0.2) is 13.1 Å². The second kappa shape index (κ2) is 5.02. The first-order chi connectivity index (χ1) is 8.82. The second-order valence-corrected chi connectivity index (χ2v) is 7.33. The van der Waals surface area contributed by atoms with Crippen LogP contribution in [0.15, 0.2) is 23.1 Å². The standard InChI is InChI=1S/C13H20N2O3S/c1-13(6-2-3-7-13)9-15-19(17,18)10-4-5-12(16)11(14)8-10/h4-5,8,15-16H,2-3,6-7,9,14H2,1H3. The minimum atomic E-state index is -3.57. The molecule has 6 heteroatoms. The van der Waals surface area contributed by atoms with E-state index < -0.39 is 10.0 Å². The molecule has 1 aromatic rings. The fraction of sp³-hybridized carbons (Fsp3) is 0.538. The first-order valence-electron chi connectivity index (χ1n) is 6.41. The molecule has 0 radical (unpaired) electrons. The van der Waals surface area contributed by atoms with Crippen LogP contribution >= 0.6 is 0 Å². The smallest absolute Gasteiger partial charge is 0.240 e. The Morgan fingerprint density at radius 1 is 1.37 bits per heavy atom. The zero-order valence-corrected chi connectivity index (χ0v) is 11.8. The Bertz CT molecular complexity index is 563. The summed E-state index contributed by atoms with van der Waals surface area (Å²) in [6.45, 7) is 2.55. The first-order valence-corrected chi connectivity index (χ1v) is 7.89. The Balaban J connectivity index is 2.11. The lowest BCUT2D eigenvalue weighted by molar-refractivity contribution is 0.336. The van der Waals surface area contributed by atoms with Crippen LogP contribution in [-0.4, -0.2) is 20.1 Å². The summed E-state index contributed by atoms with van der Waals surface area (Å²) in [5.74, 6) is -0.110. The minimum absolute atomic E-state index is 0.0511. The molecule has 0 heterocycles. The average Bonchev–Trinajstić information content (AvgIpc) is 2.78. The number of aromatic hydroxyl groups is 1. The number of rotatable bonds is 4. The van der Waals surface area contributed by atoms with Crippen molar-refractivity contribution in [2.45, 2.75) is 37.5 Å². The molecule has 19 heavy (non-hydrogen) atoms. The molecule has 0 saturated heterocycles. The number of benzene rings is 1. The summed E-state index contributed by atoms with van der Waals surface area (Å²) in [7, 11) is -3.57. The molecule has 0 atom stereocenters. The molecular formula is C13H20N2O3S. The monoisotopic (exact) mass is 284 g/mol. The van der Waals surface area contributed by atoms with Crippen molar-refractivity contribution in [3.63, 3.8) is 0 Å². The number of sulfonamides is 1. The molecule has 4 N–H and O–H groups in total. The molecule has 0 aliphatic heterocycles. The van der Waals surface area contributed by atoms with Gasteiger partial charge in [-0.05, 0) is 36.5 Å². The van der Waals surface area contributed by atoms with E-state index in [1.165, 1.54) is 18.2 Å². The molecule has 1 saturated carbocycles. The number of hydrogen-bond donors (Lipinski definition) is 3. The van der Waals surface area contributed by atoms with E-state index in [1.807, 2.05) is 0 Å². The predicted molar refractivity (Wildman–Crippen MR) is 74.3 cm³/mol. The van der Waals surface area contributed by atoms with Gasteiger partial charge in [0, 0.05) is 6.54 Å². The van der Waals surface area contributed by atoms with Crippen LogP contribution in [0.1, 0.15) is 32.6 Å². The molecule has 106 valence electrons. The molecule has 0 unspecified atom stereocenters. The highest BCUT2D eigenvalue weighted by atomic mass is 32.2. The molecule has 1 fully saturated rings. The molecule has 5 nitrogen and oxygen atoms in total. The molecule has 1 aliphatic rings. The van der Waals surface area contributed by atoms with Crippen LogP contribution in [0.4, 0.5) is 5.69 Å². The second-order valence-electron chi connectivity index (χ2n) is 5.56. The lowest BCUT2D eigenvalue weighted by atomic mass is 9.89. The van der Waals surface area contributed by atoms with Gasteiger partial charge in [0.15, 0.2) is 0 Å². The van der Waals surface area contributed by atoms with E-state index in [1.54, 1.807) is 0 Å². The van der Waals surface area contributed by atoms with Crippen LogP contribution in [0, 0.1) is 5.41 Å². The van der Waals surface area contributed by atoms with E-state index >= 15 is 0 Å². The predicted octanol–water partition coefficient (Wildman–Crippen LogP) is 1.83. The SMILES string of the molecule is CC1(CNS(=O)(=O)c2ccc(O)c(N)c2)CCCC1. The van der Waals surface area contributed by atoms with Crippen LogP contribution in [0.25, 0.3) is 0 Å². The van der Waals surface area contributed by atoms with Crippen LogP contribution in [-0.2, 0) is 10.0 Å². The molecule has 0 spiro atoms. The summed E-state index contributed by atoms with van der Waals surface area (Å²) in [4.78, 5) is 0.0874. The first kappa shape index (κ1) is 14.1. The topological polar surface area (TPSA) is 92.4 Å². The quantitative estimate of drug-likeness (QED) is 0.581. The average molecular weight is 284 g/mol. The Morgan fingerprint density at radius 2 is 2.00 bits per heavy atom. The maximum Gasteiger partial charge on any atom is 0.240 e. The highest BCUT2D eigenvalue weighted by molar-refractivity contribution is 7.89. The fourth-order valence-electron chi connectivity index (χ4n) is 2.46. The largest absolute Gasteiger partial charge is 0.506 e. The maximum atomic E-state index is 12.1. The van der Waals surface area contributed by atoms with Gasteiger partial charge in [0.05, 0.1) is 10.6 Å². The maximum absolute atomic E-state index is 12.1. The number of nitrogens with one attached hydrogen (secondary N) is 1. The summed E-state index contributed by atoms with van der Waals surface area (Å²) in [5.41, 5.74) is 5.64. The van der Waals surface area contributed by atoms with Crippen LogP contribution in [0.5, 0.6) is 5.75 Å². The van der Waals surface area contributed by atoms with Crippen LogP contribution in [0.3, 0.4) is 0 Å². The van der Waals surface area contributed by atoms with Crippen molar-refractivity contribution in [1.82, 2.24) is 4.72 Å². The van der Waals surface area contributed by atoms with E-state index in [9.17, 15) is 13.5 Å². The Hall–Kier alpha value is -1.27. The number of hydrogen-bond acceptors (Lipinski definition) is 4. The lowest BCUT2D eigenvalue weighted by Gasteiger charge is -2.23. The van der Waals surface area contributed by atoms with Crippen molar-refractivity contribution in [3.05, 3.63) is 18.2 Å². The molecule has 1 aliphatic carbocycles. The van der Waals surface area contributed by atoms with Gasteiger partial charge in [0.25, 0.3) is 0 Å². The Kier molecular flexibility index (Phi) is 3.73. The third kappa shape index (κ3) is 3.19. The fourth-order valence-corrected chi connectivity index (χ4v) is 3.69. The zero-order chi connectivity index (χ0) is 14.1. The normalized spacial score (nSPS) is 18.6. The Labute approximate surface area is 113 Å². The minimum Gasteiger partial charge on any atom is -0.506 e. The molecule has 1 aromatic carbocycles. The summed E-state index contributed by atoms with van der Waals surface area (Å²) < 4.78 is 26.9. The summed E-state index contributed by atoms with van der Waals surface area (Å²) in [6.07, 6.45) is 4.41. The van der Waals surface area contributed by atoms with Crippen molar-refractivity contribution in [3.8, 4) is 5.75 Å². The summed E-state index contributed by atoms with van der Waals surface area (Å²) >= 11 is 0. The van der Waals surface area contributed by atoms with Gasteiger partial charge in [0.2, 0.25) is 10.0 Å². The van der Waals surface area contributed by atoms with Gasteiger partial charge in [-0.3, -0.25) is 0 Å². The summed E-state index contributed by atoms with van der Waals surface area (Å²) in [6, 6.07) is 3.92. The number of anilines is 1. The zero-order valence-electron chi connectivity index (χ0n) is 11.0. The Morgan fingerprint density at radius 3 is 2.58 bits per heavy atom. The molecule has 0 amide bonds. The van der Waals surface area contributed by atoms with Gasteiger partial charge in [-0.1, -0.05) is 19.8 Å². The number of phenolic OH excluding ortho intramolecular Hbond substituents is 1. The van der Waals surface area contributed by atoms with Gasteiger partial charge < -0.3 is 10.8 Å². The van der Waals surface area contributed by atoms with E-state index in [-0.39, 0.29) is 21.7 Å². The van der Waals surface area contributed by atoms with Crippen molar-refractivity contribution in [2.75, 3.05) is 12.3 Å². The van der Waals surface area contributed by atoms with Crippen molar-refractivity contribution >= 4 is 15.7 Å². The highest BCUT2D eigenvalue weighted by Crippen LogP contribution is 2.37. The summed E-state index contributed by atoms with van der Waals surface area (Å²) in [5, 5.41) is 9.31. The third-order valence-electron chi connectivity index (χ3n) is 3.81. The van der Waals surface area contributed by atoms with E-state index in [4.69, 9.17) is 5.73 Å². The van der Waals surface area contributed by atoms with E-state index in [0.29, 0.717) is 6.54 Å². The van der Waals surface area contributed by atoms with Gasteiger partial charge in [-0.15, -0.1) is 0 Å². The number of nitrogen functional groups attached to an aromatic ring is 1. The molecule has 0 aromatic heterocycles. The molecular weight excluding hydrogens is 264 g/mol. The van der Waals surface area contributed by atoms with Crippen molar-refractivity contribution < 1.29 is 13.5 Å². The molecule has 2 rings (SSSR count). The lowest BCUT2D eigenvalue weighted by Crippen LogP contribution is -2.34. The highest BCUT2D eigenvalue weighted by Gasteiger charge is 2.30. The number of nitrogens with two attached hydrogens (primary N) is 1. The van der Waals surface area contributed by atoms with E-state index in [0.717, 1.165) is 25.7 Å². The van der Waals surface area contributed by atoms with Crippen LogP contribution in [0.2, 0.25) is 0 Å². The number of phenols is 1. The van der Waals surface area contributed by atoms with Crippen LogP contribution < -0.4 is 10.5 Å². The van der Waals surface area contributed by atoms with Gasteiger partial charge in [-0.2, -0.15) is 0 Å². The van der Waals surface area contributed by atoms with Gasteiger partial charge >= 0.3 is 0 Å². The van der Waals surface area contributed by atoms with Crippen molar-refractivity contribution in [1.29, 1.82) is 0 Å². The molecule has 0 bridgehead atoms. The van der Waals surface area contributed by atoms with Gasteiger partial charge in [0.1, 0.15) is 5.75 Å². The van der Waals surface area contributed by atoms with Crippen molar-refractivity contribution in [2.24, 2.45) is 5.41 Å².